The number of nitrogens with zero attached hydrogens (tertiary/aromatic N) is 4. The van der Waals surface area contributed by atoms with Crippen LogP contribution in [0, 0.1) is 11.3 Å². The highest BCUT2D eigenvalue weighted by molar-refractivity contribution is 8.00. The minimum atomic E-state index is -1.90. The Balaban J connectivity index is 1.08. The van der Waals surface area contributed by atoms with Crippen LogP contribution in [0.15, 0.2) is 38.9 Å². The van der Waals surface area contributed by atoms with Gasteiger partial charge in [0.15, 0.2) is 16.6 Å². The van der Waals surface area contributed by atoms with E-state index >= 15 is 0 Å². The number of carboxylic acid groups (broad SMARTS) is 3. The molecule has 0 unspecified atom stereocenters. The number of nitrogen functional groups attached to an aromatic ring is 1. The van der Waals surface area contributed by atoms with Gasteiger partial charge in [-0.3, -0.25) is 28.9 Å². The first-order chi connectivity index (χ1) is 25.6. The van der Waals surface area contributed by atoms with Crippen molar-refractivity contribution in [3.05, 3.63) is 50.5 Å². The first kappa shape index (κ1) is 38.3. The number of hydrogen-bond acceptors (Lipinski definition) is 14. The van der Waals surface area contributed by atoms with E-state index < -0.39 is 76.3 Å². The van der Waals surface area contributed by atoms with Crippen molar-refractivity contribution in [1.82, 2.24) is 25.5 Å². The molecular formula is C32H37N8O12S2+. The van der Waals surface area contributed by atoms with E-state index in [1.807, 2.05) is 0 Å². The van der Waals surface area contributed by atoms with Crippen LogP contribution < -0.4 is 21.8 Å². The number of pyridine rings is 1. The van der Waals surface area contributed by atoms with E-state index in [-0.39, 0.29) is 34.2 Å². The van der Waals surface area contributed by atoms with E-state index in [0.29, 0.717) is 28.9 Å². The Hall–Kier alpha value is -5.48. The van der Waals surface area contributed by atoms with E-state index in [2.05, 4.69) is 25.8 Å². The highest BCUT2D eigenvalue weighted by Crippen LogP contribution is 2.47. The Morgan fingerprint density at radius 3 is 2.43 bits per heavy atom. The van der Waals surface area contributed by atoms with Crippen LogP contribution in [0.4, 0.5) is 5.13 Å². The molecule has 0 spiro atoms. The highest BCUT2D eigenvalue weighted by Gasteiger charge is 2.55. The van der Waals surface area contributed by atoms with Gasteiger partial charge in [0.1, 0.15) is 23.6 Å². The number of aromatic hydroxyl groups is 1. The summed E-state index contributed by atoms with van der Waals surface area (Å²) >= 11 is 2.35. The second kappa shape index (κ2) is 15.1. The number of hydrogen-bond donors (Lipinski definition) is 8. The fraction of sp³-hybridized carbons (Fsp3) is 0.469. The number of amides is 3. The standard InChI is InChI=1S/C32H36N8O12S2/c33-31-37-18(13-54-31)23(38-52-21(29(48)49)8-22(43)44)26(46)35-9-16-27(47)39-24(30(50)51)15(12-53-28(16)39)11-40-4-1-32(2-5-40,3-6-40)14-36-25(45)17-7-19(41)20(42)10-34-17/h7,10,13,16,21,28H,1-6,8-9,11-12,14H2,(H8-,33,34,35,36,37,38,41,42,43,44,45,46,48,49,50,51)/p+1/t16-,21+,28-,32?,40?/m1/s1. The van der Waals surface area contributed by atoms with Gasteiger partial charge in [0.05, 0.1) is 37.3 Å². The summed E-state index contributed by atoms with van der Waals surface area (Å²) < 4.78 is 0.653. The normalized spacial score (nSPS) is 25.3. The SMILES string of the molecule is Nc1nc(/C(=N/O[C@@H](CC(=O)O)C(=O)O)C(=O)NC[C@@H]2C(=O)N3C(C(=O)O)=C(C[N+]45CCC(CNC(=O)c6cc(=O)c(O)c[nH]6)(CC4)CC5)CS[C@H]23)cs1. The molecular weight excluding hydrogens is 753 g/mol. The van der Waals surface area contributed by atoms with Crippen LogP contribution in [0.5, 0.6) is 5.75 Å². The summed E-state index contributed by atoms with van der Waals surface area (Å²) in [6, 6.07) is 1.05. The lowest BCUT2D eigenvalue weighted by molar-refractivity contribution is -0.941. The third-order valence-electron chi connectivity index (χ3n) is 10.4. The number of carbonyl (C=O) groups is 6. The summed E-state index contributed by atoms with van der Waals surface area (Å²) in [5.41, 5.74) is 4.94. The van der Waals surface area contributed by atoms with Crippen LogP contribution in [0.25, 0.3) is 0 Å². The Morgan fingerprint density at radius 1 is 1.13 bits per heavy atom. The number of oxime groups is 1. The molecule has 5 aliphatic rings. The van der Waals surface area contributed by atoms with Crippen molar-refractivity contribution in [2.24, 2.45) is 16.5 Å². The zero-order valence-electron chi connectivity index (χ0n) is 28.5. The summed E-state index contributed by atoms with van der Waals surface area (Å²) in [6.45, 7) is 2.88. The van der Waals surface area contributed by atoms with Gasteiger partial charge in [-0.2, -0.15) is 0 Å². The molecule has 2 aromatic rings. The summed E-state index contributed by atoms with van der Waals surface area (Å²) in [7, 11) is 0. The van der Waals surface area contributed by atoms with Crippen LogP contribution in [0.3, 0.4) is 0 Å². The topological polar surface area (TPSA) is 304 Å². The van der Waals surface area contributed by atoms with Gasteiger partial charge in [-0.05, 0) is 0 Å². The van der Waals surface area contributed by atoms with Crippen LogP contribution in [0.1, 0.15) is 41.9 Å². The molecule has 2 aromatic heterocycles. The molecule has 7 heterocycles. The van der Waals surface area contributed by atoms with Crippen molar-refractivity contribution in [3.8, 4) is 5.75 Å². The zero-order chi connectivity index (χ0) is 38.9. The number of piperidine rings is 3. The fourth-order valence-corrected chi connectivity index (χ4v) is 9.22. The van der Waals surface area contributed by atoms with Gasteiger partial charge in [-0.25, -0.2) is 14.6 Å². The number of H-pyrrole nitrogens is 1. The second-order valence-electron chi connectivity index (χ2n) is 13.7. The van der Waals surface area contributed by atoms with Crippen molar-refractivity contribution < 1.29 is 58.5 Å². The average Bonchev–Trinajstić information content (AvgIpc) is 3.57. The number of quaternary nitrogens is 1. The average molecular weight is 790 g/mol. The third-order valence-corrected chi connectivity index (χ3v) is 12.4. The first-order valence-electron chi connectivity index (χ1n) is 16.7. The van der Waals surface area contributed by atoms with Crippen molar-refractivity contribution in [3.63, 3.8) is 0 Å². The molecule has 22 heteroatoms. The molecule has 4 saturated heterocycles. The number of aromatic nitrogens is 2. The lowest BCUT2D eigenvalue weighted by Crippen LogP contribution is -2.66. The van der Waals surface area contributed by atoms with Gasteiger partial charge >= 0.3 is 17.9 Å². The molecule has 0 aromatic carbocycles. The molecule has 54 heavy (non-hydrogen) atoms. The monoisotopic (exact) mass is 789 g/mol. The summed E-state index contributed by atoms with van der Waals surface area (Å²) in [6.07, 6.45) is 0.591. The van der Waals surface area contributed by atoms with Crippen molar-refractivity contribution >= 4 is 69.6 Å². The summed E-state index contributed by atoms with van der Waals surface area (Å²) in [4.78, 5) is 99.0. The van der Waals surface area contributed by atoms with Crippen LogP contribution in [-0.2, 0) is 28.8 Å². The number of thioether (sulfide) groups is 1. The van der Waals surface area contributed by atoms with Gasteiger partial charge in [0, 0.05) is 66.7 Å². The molecule has 288 valence electrons. The van der Waals surface area contributed by atoms with E-state index in [0.717, 1.165) is 62.5 Å². The predicted octanol–water partition coefficient (Wildman–Crippen LogP) is -0.815. The Kier molecular flexibility index (Phi) is 10.7. The first-order valence-corrected chi connectivity index (χ1v) is 18.7. The molecule has 3 amide bonds. The number of carbonyl (C=O) groups excluding carboxylic acids is 3. The molecule has 0 saturated carbocycles. The predicted molar refractivity (Wildman–Crippen MR) is 189 cm³/mol. The number of nitrogens with two attached hydrogens (primary N) is 1. The van der Waals surface area contributed by atoms with Crippen LogP contribution in [0.2, 0.25) is 0 Å². The number of anilines is 1. The lowest BCUT2D eigenvalue weighted by atomic mass is 9.70. The molecule has 0 aliphatic carbocycles. The van der Waals surface area contributed by atoms with Gasteiger partial charge in [-0.15, -0.1) is 23.1 Å². The van der Waals surface area contributed by atoms with Gasteiger partial charge in [0.2, 0.25) is 17.4 Å². The van der Waals surface area contributed by atoms with Crippen LogP contribution in [-0.4, -0.2) is 138 Å². The minimum Gasteiger partial charge on any atom is -0.503 e. The second-order valence-corrected chi connectivity index (χ2v) is 15.7. The lowest BCUT2D eigenvalue weighted by Gasteiger charge is -2.56. The maximum absolute atomic E-state index is 13.5. The van der Waals surface area contributed by atoms with Gasteiger partial charge in [-0.1, -0.05) is 5.16 Å². The number of thiazole rings is 1. The van der Waals surface area contributed by atoms with E-state index in [9.17, 15) is 48.9 Å². The minimum absolute atomic E-state index is 0.0485. The summed E-state index contributed by atoms with van der Waals surface area (Å²) in [5, 5.41) is 47.9. The van der Waals surface area contributed by atoms with Crippen LogP contribution >= 0.6 is 23.1 Å². The number of rotatable bonds is 15. The zero-order valence-corrected chi connectivity index (χ0v) is 30.1. The number of nitrogens with one attached hydrogen (secondary N) is 3. The van der Waals surface area contributed by atoms with E-state index in [1.54, 1.807) is 0 Å². The Labute approximate surface area is 313 Å². The summed E-state index contributed by atoms with van der Waals surface area (Å²) in [5.74, 6) is -7.09. The van der Waals surface area contributed by atoms with Gasteiger partial charge in [0.25, 0.3) is 11.8 Å². The molecule has 2 bridgehead atoms. The van der Waals surface area contributed by atoms with Crippen molar-refractivity contribution in [2.45, 2.75) is 37.2 Å². The molecule has 0 radical (unpaired) electrons. The number of aliphatic carboxylic acids is 3. The number of β-lactam (4-membered cyclic amide) rings is 1. The molecule has 3 atom stereocenters. The molecule has 9 N–H and O–H groups in total. The number of aromatic amines is 1. The number of carboxylic acids is 3. The maximum atomic E-state index is 13.5. The molecule has 5 aliphatic heterocycles. The van der Waals surface area contributed by atoms with E-state index in [4.69, 9.17) is 15.7 Å². The number of fused-ring (bicyclic) bond motifs is 4. The molecule has 20 nitrogen and oxygen atoms in total. The van der Waals surface area contributed by atoms with E-state index in [1.165, 1.54) is 22.0 Å². The van der Waals surface area contributed by atoms with Crippen molar-refractivity contribution in [1.29, 1.82) is 0 Å². The van der Waals surface area contributed by atoms with Gasteiger partial charge < -0.3 is 51.1 Å². The third kappa shape index (κ3) is 7.75. The smallest absolute Gasteiger partial charge is 0.352 e. The molecule has 4 fully saturated rings. The molecule has 7 rings (SSSR count). The quantitative estimate of drug-likeness (QED) is 0.0474. The Morgan fingerprint density at radius 2 is 1.83 bits per heavy atom. The fourth-order valence-electron chi connectivity index (χ4n) is 7.27. The van der Waals surface area contributed by atoms with Crippen molar-refractivity contribution in [2.75, 3.05) is 50.8 Å². The maximum Gasteiger partial charge on any atom is 0.352 e. The highest BCUT2D eigenvalue weighted by atomic mass is 32.2. The Bertz CT molecular complexity index is 2000. The largest absolute Gasteiger partial charge is 0.503 e.